The van der Waals surface area contributed by atoms with Gasteiger partial charge < -0.3 is 14.8 Å². The molecule has 0 unspecified atom stereocenters. The van der Waals surface area contributed by atoms with Gasteiger partial charge in [-0.1, -0.05) is 18.2 Å². The van der Waals surface area contributed by atoms with Crippen LogP contribution in [0.1, 0.15) is 21.7 Å². The van der Waals surface area contributed by atoms with Gasteiger partial charge in [-0.25, -0.2) is 9.97 Å². The van der Waals surface area contributed by atoms with Gasteiger partial charge in [0.25, 0.3) is 5.91 Å². The maximum atomic E-state index is 12.8. The highest BCUT2D eigenvalue weighted by Gasteiger charge is 2.18. The summed E-state index contributed by atoms with van der Waals surface area (Å²) in [5.74, 6) is 2.59. The fraction of sp³-hybridized carbons (Fsp3) is 0.136. The van der Waals surface area contributed by atoms with Crippen molar-refractivity contribution in [3.63, 3.8) is 0 Å². The van der Waals surface area contributed by atoms with Gasteiger partial charge in [-0.3, -0.25) is 9.36 Å². The first-order chi connectivity index (χ1) is 14.6. The molecule has 0 fully saturated rings. The van der Waals surface area contributed by atoms with Gasteiger partial charge in [0.15, 0.2) is 16.6 Å². The van der Waals surface area contributed by atoms with Gasteiger partial charge in [-0.2, -0.15) is 0 Å². The van der Waals surface area contributed by atoms with Gasteiger partial charge in [0, 0.05) is 16.5 Å². The quantitative estimate of drug-likeness (QED) is 0.524. The molecule has 30 heavy (non-hydrogen) atoms. The summed E-state index contributed by atoms with van der Waals surface area (Å²) in [6.07, 6.45) is 1.65. The number of hydrogen-bond acceptors (Lipinski definition) is 6. The SMILES string of the molecule is Cc1ccccc1C(=O)Nc1cnc(C)n1-c1nc(-c2ccc3c(c2)OCO3)cs1. The van der Waals surface area contributed by atoms with E-state index in [0.29, 0.717) is 17.1 Å². The van der Waals surface area contributed by atoms with Crippen molar-refractivity contribution >= 4 is 23.1 Å². The monoisotopic (exact) mass is 418 g/mol. The number of hydrogen-bond donors (Lipinski definition) is 1. The predicted molar refractivity (Wildman–Crippen MR) is 115 cm³/mol. The number of ether oxygens (including phenoxy) is 2. The third kappa shape index (κ3) is 3.21. The van der Waals surface area contributed by atoms with Gasteiger partial charge in [-0.05, 0) is 43.7 Å². The number of benzene rings is 2. The Hall–Kier alpha value is -3.65. The predicted octanol–water partition coefficient (Wildman–Crippen LogP) is 4.59. The van der Waals surface area contributed by atoms with Crippen molar-refractivity contribution in [3.8, 4) is 27.9 Å². The minimum absolute atomic E-state index is 0.179. The number of rotatable bonds is 4. The van der Waals surface area contributed by atoms with Crippen molar-refractivity contribution in [2.75, 3.05) is 12.1 Å². The Morgan fingerprint density at radius 3 is 2.83 bits per heavy atom. The molecular weight excluding hydrogens is 400 g/mol. The molecule has 7 nitrogen and oxygen atoms in total. The number of nitrogens with one attached hydrogen (secondary N) is 1. The van der Waals surface area contributed by atoms with Crippen LogP contribution in [0.4, 0.5) is 5.82 Å². The van der Waals surface area contributed by atoms with Crippen molar-refractivity contribution in [2.45, 2.75) is 13.8 Å². The molecule has 0 aliphatic carbocycles. The summed E-state index contributed by atoms with van der Waals surface area (Å²) >= 11 is 1.48. The van der Waals surface area contributed by atoms with Gasteiger partial charge in [-0.15, -0.1) is 11.3 Å². The van der Waals surface area contributed by atoms with Gasteiger partial charge in [0.1, 0.15) is 11.6 Å². The lowest BCUT2D eigenvalue weighted by molar-refractivity contribution is 0.102. The zero-order chi connectivity index (χ0) is 20.7. The maximum Gasteiger partial charge on any atom is 0.257 e. The molecule has 2 aromatic carbocycles. The zero-order valence-electron chi connectivity index (χ0n) is 16.4. The maximum absolute atomic E-state index is 12.8. The first-order valence-corrected chi connectivity index (χ1v) is 10.3. The van der Waals surface area contributed by atoms with E-state index >= 15 is 0 Å². The Morgan fingerprint density at radius 1 is 1.13 bits per heavy atom. The van der Waals surface area contributed by atoms with Crippen LogP contribution in [-0.4, -0.2) is 27.2 Å². The third-order valence-electron chi connectivity index (χ3n) is 4.92. The number of thiazole rings is 1. The van der Waals surface area contributed by atoms with E-state index in [-0.39, 0.29) is 12.7 Å². The first-order valence-electron chi connectivity index (χ1n) is 9.37. The van der Waals surface area contributed by atoms with Crippen molar-refractivity contribution < 1.29 is 14.3 Å². The second-order valence-electron chi connectivity index (χ2n) is 6.88. The summed E-state index contributed by atoms with van der Waals surface area (Å²) in [6.45, 7) is 4.03. The molecule has 150 valence electrons. The lowest BCUT2D eigenvalue weighted by Gasteiger charge is -2.10. The Balaban J connectivity index is 1.45. The molecule has 1 aliphatic heterocycles. The van der Waals surface area contributed by atoms with Crippen LogP contribution in [0.5, 0.6) is 11.5 Å². The highest BCUT2D eigenvalue weighted by Crippen LogP contribution is 2.36. The molecule has 0 saturated heterocycles. The smallest absolute Gasteiger partial charge is 0.257 e. The molecule has 5 rings (SSSR count). The number of carbonyl (C=O) groups excluding carboxylic acids is 1. The van der Waals surface area contributed by atoms with E-state index in [9.17, 15) is 4.79 Å². The van der Waals surface area contributed by atoms with E-state index in [1.165, 1.54) is 11.3 Å². The van der Waals surface area contributed by atoms with Crippen LogP contribution in [-0.2, 0) is 0 Å². The minimum atomic E-state index is -0.179. The lowest BCUT2D eigenvalue weighted by atomic mass is 10.1. The summed E-state index contributed by atoms with van der Waals surface area (Å²) in [4.78, 5) is 21.9. The van der Waals surface area contributed by atoms with Crippen molar-refractivity contribution in [3.05, 3.63) is 71.0 Å². The van der Waals surface area contributed by atoms with Crippen LogP contribution in [0.25, 0.3) is 16.4 Å². The van der Waals surface area contributed by atoms with E-state index in [1.54, 1.807) is 12.3 Å². The van der Waals surface area contributed by atoms with Crippen molar-refractivity contribution in [1.29, 1.82) is 0 Å². The Kier molecular flexibility index (Phi) is 4.48. The Morgan fingerprint density at radius 2 is 1.97 bits per heavy atom. The number of aromatic nitrogens is 3. The third-order valence-corrected chi connectivity index (χ3v) is 5.75. The summed E-state index contributed by atoms with van der Waals surface area (Å²) in [6, 6.07) is 13.2. The highest BCUT2D eigenvalue weighted by molar-refractivity contribution is 7.12. The van der Waals surface area contributed by atoms with E-state index in [2.05, 4.69) is 10.3 Å². The summed E-state index contributed by atoms with van der Waals surface area (Å²) in [5.41, 5.74) is 3.29. The van der Waals surface area contributed by atoms with Crippen LogP contribution < -0.4 is 14.8 Å². The molecule has 0 spiro atoms. The Labute approximate surface area is 176 Å². The lowest BCUT2D eigenvalue weighted by Crippen LogP contribution is -2.16. The number of nitrogens with zero attached hydrogens (tertiary/aromatic N) is 3. The molecule has 4 aromatic rings. The number of carbonyl (C=O) groups is 1. The fourth-order valence-corrected chi connectivity index (χ4v) is 4.23. The largest absolute Gasteiger partial charge is 0.454 e. The zero-order valence-corrected chi connectivity index (χ0v) is 17.2. The van der Waals surface area contributed by atoms with E-state index in [0.717, 1.165) is 33.5 Å². The van der Waals surface area contributed by atoms with Gasteiger partial charge in [0.05, 0.1) is 11.9 Å². The normalized spacial score (nSPS) is 12.2. The average molecular weight is 418 g/mol. The minimum Gasteiger partial charge on any atom is -0.454 e. The fourth-order valence-electron chi connectivity index (χ4n) is 3.34. The molecule has 2 aromatic heterocycles. The first kappa shape index (κ1) is 18.4. The van der Waals surface area contributed by atoms with Crippen molar-refractivity contribution in [2.24, 2.45) is 0 Å². The molecule has 0 atom stereocenters. The molecular formula is C22H18N4O3S. The molecule has 1 aliphatic rings. The molecule has 1 amide bonds. The summed E-state index contributed by atoms with van der Waals surface area (Å²) in [7, 11) is 0. The van der Waals surface area contributed by atoms with E-state index in [1.807, 2.05) is 60.2 Å². The van der Waals surface area contributed by atoms with Crippen LogP contribution >= 0.6 is 11.3 Å². The van der Waals surface area contributed by atoms with Gasteiger partial charge >= 0.3 is 0 Å². The summed E-state index contributed by atoms with van der Waals surface area (Å²) < 4.78 is 12.7. The molecule has 8 heteroatoms. The highest BCUT2D eigenvalue weighted by atomic mass is 32.1. The van der Waals surface area contributed by atoms with Crippen LogP contribution in [0.3, 0.4) is 0 Å². The second kappa shape index (κ2) is 7.31. The van der Waals surface area contributed by atoms with E-state index < -0.39 is 0 Å². The van der Waals surface area contributed by atoms with E-state index in [4.69, 9.17) is 14.5 Å². The van der Waals surface area contributed by atoms with Crippen LogP contribution in [0, 0.1) is 13.8 Å². The number of aryl methyl sites for hydroxylation is 2. The second-order valence-corrected chi connectivity index (χ2v) is 7.72. The number of fused-ring (bicyclic) bond motifs is 1. The van der Waals surface area contributed by atoms with Crippen LogP contribution in [0.2, 0.25) is 0 Å². The van der Waals surface area contributed by atoms with Crippen molar-refractivity contribution in [1.82, 2.24) is 14.5 Å². The number of imidazole rings is 1. The number of anilines is 1. The molecule has 0 radical (unpaired) electrons. The topological polar surface area (TPSA) is 78.3 Å². The average Bonchev–Trinajstić information content (AvgIpc) is 3.47. The van der Waals surface area contributed by atoms with Gasteiger partial charge in [0.2, 0.25) is 6.79 Å². The molecule has 1 N–H and O–H groups in total. The summed E-state index contributed by atoms with van der Waals surface area (Å²) in [5, 5.41) is 5.65. The Bertz CT molecular complexity index is 1260. The molecule has 3 heterocycles. The van der Waals surface area contributed by atoms with Crippen LogP contribution in [0.15, 0.2) is 54.0 Å². The molecule has 0 saturated carbocycles. The number of amides is 1. The molecule has 0 bridgehead atoms. The standard InChI is InChI=1S/C22H18N4O3S/c1-13-5-3-4-6-16(13)21(27)25-20-10-23-14(2)26(20)22-24-17(11-30-22)15-7-8-18-19(9-15)29-12-28-18/h3-11H,12H2,1-2H3,(H,25,27).